The molecule has 0 amide bonds. The fourth-order valence-corrected chi connectivity index (χ4v) is 1.42. The molecule has 1 aromatic rings. The van der Waals surface area contributed by atoms with Crippen LogP contribution in [0, 0.1) is 0 Å². The van der Waals surface area contributed by atoms with E-state index in [0.717, 1.165) is 21.4 Å². The van der Waals surface area contributed by atoms with E-state index >= 15 is 0 Å². The largest absolute Gasteiger partial charge is 0.352 e. The van der Waals surface area contributed by atoms with Crippen molar-refractivity contribution >= 4 is 15.7 Å². The van der Waals surface area contributed by atoms with Gasteiger partial charge in [0.2, 0.25) is 0 Å². The zero-order valence-electron chi connectivity index (χ0n) is 7.01. The highest BCUT2D eigenvalue weighted by Crippen LogP contribution is 2.05. The van der Waals surface area contributed by atoms with Gasteiger partial charge in [0.05, 0.1) is 15.7 Å². The van der Waals surface area contributed by atoms with Crippen molar-refractivity contribution in [2.75, 3.05) is 0 Å². The Bertz CT molecular complexity index is 306. The Morgan fingerprint density at radius 3 is 2.73 bits per heavy atom. The number of hydrogen-bond acceptors (Lipinski definition) is 2. The molecule has 11 heavy (non-hydrogen) atoms. The first-order valence-electron chi connectivity index (χ1n) is 3.67. The lowest BCUT2D eigenvalue weighted by Gasteiger charge is -2.04. The second kappa shape index (κ2) is 3.00. The monoisotopic (exact) mass is 168 g/mol. The molecule has 1 heterocycles. The molecule has 1 aromatic heterocycles. The number of nitrogens with zero attached hydrogens (tertiary/aromatic N) is 1. The van der Waals surface area contributed by atoms with E-state index in [1.807, 2.05) is 13.8 Å². The Morgan fingerprint density at radius 1 is 1.64 bits per heavy atom. The maximum Gasteiger partial charge on any atom is 0.272 e. The molecule has 0 radical (unpaired) electrons. The summed E-state index contributed by atoms with van der Waals surface area (Å²) in [6, 6.07) is 1.56. The summed E-state index contributed by atoms with van der Waals surface area (Å²) in [6.07, 6.45) is 0. The molecule has 0 bridgehead atoms. The number of rotatable bonds is 1. The average Bonchev–Trinajstić information content (AvgIpc) is 1.85. The van der Waals surface area contributed by atoms with Gasteiger partial charge >= 0.3 is 0 Å². The second-order valence-electron chi connectivity index (χ2n) is 2.91. The van der Waals surface area contributed by atoms with Gasteiger partial charge < -0.3 is 4.98 Å². The molecule has 4 heteroatoms. The molecule has 0 saturated heterocycles. The standard InChI is InChI=1S/C7H12N2OSi/c1-4(2)5-3-6(10)9-7(11)8-5/h3-4H,1-2,11H3,(H,8,9,10). The van der Waals surface area contributed by atoms with E-state index in [-0.39, 0.29) is 5.56 Å². The average molecular weight is 168 g/mol. The third-order valence-electron chi connectivity index (χ3n) is 1.50. The summed E-state index contributed by atoms with van der Waals surface area (Å²) in [4.78, 5) is 17.8. The molecule has 0 fully saturated rings. The molecule has 60 valence electrons. The van der Waals surface area contributed by atoms with Gasteiger partial charge in [0.15, 0.2) is 0 Å². The highest BCUT2D eigenvalue weighted by molar-refractivity contribution is 6.28. The van der Waals surface area contributed by atoms with Crippen molar-refractivity contribution in [3.63, 3.8) is 0 Å². The number of aromatic amines is 1. The van der Waals surface area contributed by atoms with Gasteiger partial charge in [-0.1, -0.05) is 13.8 Å². The van der Waals surface area contributed by atoms with Crippen molar-refractivity contribution in [3.05, 3.63) is 22.1 Å². The molecule has 3 nitrogen and oxygen atoms in total. The summed E-state index contributed by atoms with van der Waals surface area (Å²) in [6.45, 7) is 4.10. The first-order chi connectivity index (χ1) is 5.09. The maximum atomic E-state index is 10.9. The molecule has 0 aliphatic rings. The smallest absolute Gasteiger partial charge is 0.272 e. The lowest BCUT2D eigenvalue weighted by Crippen LogP contribution is -2.24. The number of aromatic nitrogens is 2. The van der Waals surface area contributed by atoms with Crippen molar-refractivity contribution in [1.82, 2.24) is 9.97 Å². The third-order valence-corrected chi connectivity index (χ3v) is 1.98. The van der Waals surface area contributed by atoms with Crippen LogP contribution in [0.1, 0.15) is 25.5 Å². The molecule has 0 aliphatic carbocycles. The van der Waals surface area contributed by atoms with Crippen LogP contribution in [0.15, 0.2) is 10.9 Å². The lowest BCUT2D eigenvalue weighted by molar-refractivity contribution is 0.817. The fraction of sp³-hybridized carbons (Fsp3) is 0.429. The van der Waals surface area contributed by atoms with Crippen LogP contribution < -0.4 is 11.0 Å². The summed E-state index contributed by atoms with van der Waals surface area (Å²) in [5.41, 5.74) is 1.67. The zero-order valence-corrected chi connectivity index (χ0v) is 9.01. The highest BCUT2D eigenvalue weighted by Gasteiger charge is 2.00. The van der Waals surface area contributed by atoms with Gasteiger partial charge in [0.1, 0.15) is 0 Å². The first kappa shape index (κ1) is 8.20. The van der Waals surface area contributed by atoms with Crippen molar-refractivity contribution in [2.24, 2.45) is 0 Å². The third kappa shape index (κ3) is 2.01. The maximum absolute atomic E-state index is 10.9. The zero-order chi connectivity index (χ0) is 8.43. The minimum Gasteiger partial charge on any atom is -0.352 e. The number of nitrogens with one attached hydrogen (secondary N) is 1. The first-order valence-corrected chi connectivity index (χ1v) is 4.67. The quantitative estimate of drug-likeness (QED) is 0.540. The van der Waals surface area contributed by atoms with E-state index < -0.39 is 0 Å². The van der Waals surface area contributed by atoms with E-state index in [9.17, 15) is 4.79 Å². The van der Waals surface area contributed by atoms with Gasteiger partial charge in [-0.05, 0) is 5.92 Å². The predicted molar refractivity (Wildman–Crippen MR) is 48.5 cm³/mol. The topological polar surface area (TPSA) is 45.8 Å². The van der Waals surface area contributed by atoms with Gasteiger partial charge in [-0.3, -0.25) is 4.79 Å². The number of H-pyrrole nitrogens is 1. The minimum atomic E-state index is -0.127. The van der Waals surface area contributed by atoms with Crippen LogP contribution in [0.2, 0.25) is 0 Å². The van der Waals surface area contributed by atoms with Crippen LogP contribution in [-0.2, 0) is 0 Å². The van der Waals surface area contributed by atoms with Crippen molar-refractivity contribution in [2.45, 2.75) is 19.8 Å². The van der Waals surface area contributed by atoms with Crippen LogP contribution in [0.25, 0.3) is 0 Å². The van der Waals surface area contributed by atoms with Crippen LogP contribution in [-0.4, -0.2) is 20.2 Å². The van der Waals surface area contributed by atoms with Gasteiger partial charge in [-0.25, -0.2) is 4.98 Å². The Morgan fingerprint density at radius 2 is 2.27 bits per heavy atom. The number of hydrogen-bond donors (Lipinski definition) is 1. The van der Waals surface area contributed by atoms with Gasteiger partial charge in [-0.15, -0.1) is 0 Å². The van der Waals surface area contributed by atoms with E-state index in [0.29, 0.717) is 5.92 Å². The summed E-state index contributed by atoms with van der Waals surface area (Å²) in [7, 11) is 0.800. The molecule has 1 rings (SSSR count). The SMILES string of the molecule is CC(C)c1cc(=O)nc([SiH3])[nH]1. The van der Waals surface area contributed by atoms with Crippen LogP contribution in [0.5, 0.6) is 0 Å². The molecule has 1 N–H and O–H groups in total. The van der Waals surface area contributed by atoms with Crippen molar-refractivity contribution in [3.8, 4) is 0 Å². The minimum absolute atomic E-state index is 0.127. The van der Waals surface area contributed by atoms with E-state index in [1.54, 1.807) is 6.07 Å². The summed E-state index contributed by atoms with van der Waals surface area (Å²) < 4.78 is 0. The summed E-state index contributed by atoms with van der Waals surface area (Å²) in [5, 5.41) is 0. The van der Waals surface area contributed by atoms with Crippen LogP contribution in [0.4, 0.5) is 0 Å². The lowest BCUT2D eigenvalue weighted by atomic mass is 10.1. The van der Waals surface area contributed by atoms with Gasteiger partial charge in [0, 0.05) is 11.8 Å². The van der Waals surface area contributed by atoms with E-state index in [4.69, 9.17) is 0 Å². The van der Waals surface area contributed by atoms with Crippen molar-refractivity contribution < 1.29 is 0 Å². The molecule has 0 unspecified atom stereocenters. The molecule has 0 aliphatic heterocycles. The Balaban J connectivity index is 3.19. The molecule has 0 aromatic carbocycles. The Hall–Kier alpha value is -0.903. The predicted octanol–water partition coefficient (Wildman–Crippen LogP) is -1.12. The molecule has 0 atom stereocenters. The van der Waals surface area contributed by atoms with Gasteiger partial charge in [0.25, 0.3) is 5.56 Å². The van der Waals surface area contributed by atoms with Crippen LogP contribution in [0.3, 0.4) is 0 Å². The highest BCUT2D eigenvalue weighted by atomic mass is 28.1. The van der Waals surface area contributed by atoms with Crippen molar-refractivity contribution in [1.29, 1.82) is 0 Å². The molecule has 0 saturated carbocycles. The molecule has 0 spiro atoms. The fourth-order valence-electron chi connectivity index (χ4n) is 0.915. The summed E-state index contributed by atoms with van der Waals surface area (Å²) >= 11 is 0. The normalized spacial score (nSPS) is 10.8. The van der Waals surface area contributed by atoms with E-state index in [2.05, 4.69) is 9.97 Å². The molecular weight excluding hydrogens is 156 g/mol. The Labute approximate surface area is 68.3 Å². The van der Waals surface area contributed by atoms with Crippen LogP contribution >= 0.6 is 0 Å². The second-order valence-corrected chi connectivity index (χ2v) is 3.86. The summed E-state index contributed by atoms with van der Waals surface area (Å²) in [5.74, 6) is 0.374. The molecular formula is C7H12N2OSi. The Kier molecular flexibility index (Phi) is 2.24. The van der Waals surface area contributed by atoms with E-state index in [1.165, 1.54) is 0 Å². The van der Waals surface area contributed by atoms with Gasteiger partial charge in [-0.2, -0.15) is 0 Å².